The van der Waals surface area contributed by atoms with Gasteiger partial charge in [0.2, 0.25) is 0 Å². The maximum Gasteiger partial charge on any atom is 0.0903 e. The second kappa shape index (κ2) is 11.9. The molecule has 2 aromatic carbocycles. The summed E-state index contributed by atoms with van der Waals surface area (Å²) in [6, 6.07) is 11.9. The Hall–Kier alpha value is -3.82. The summed E-state index contributed by atoms with van der Waals surface area (Å²) in [5.41, 5.74) is 11.6. The predicted molar refractivity (Wildman–Crippen MR) is 192 cm³/mol. The first-order valence-electron chi connectivity index (χ1n) is 16.6. The molecule has 0 aliphatic carbocycles. The molecular formula is C38H40Cl2N8. The average molecular weight is 680 g/mol. The minimum absolute atomic E-state index is 0.335. The molecule has 6 heterocycles. The van der Waals surface area contributed by atoms with E-state index in [1.807, 2.05) is 62.6 Å². The van der Waals surface area contributed by atoms with Gasteiger partial charge in [-0.1, -0.05) is 72.8 Å². The van der Waals surface area contributed by atoms with E-state index in [9.17, 15) is 0 Å². The van der Waals surface area contributed by atoms with E-state index < -0.39 is 0 Å². The Kier molecular flexibility index (Phi) is 7.83. The van der Waals surface area contributed by atoms with Crippen molar-refractivity contribution < 1.29 is 0 Å². The van der Waals surface area contributed by atoms with Crippen LogP contribution in [0.15, 0.2) is 73.3 Å². The number of nitrogens with one attached hydrogen (secondary N) is 2. The van der Waals surface area contributed by atoms with Gasteiger partial charge in [-0.25, -0.2) is 9.97 Å². The quantitative estimate of drug-likeness (QED) is 0.221. The SMILES string of the molecule is C=C1CC2(CN1)CN(Cc1ncc(-c3cccc(-c4cccc(-c5cnc(CN6CC7(CNC(=C)C7)C6)c(C)n5)c4Cl)c3Cl)nc1C)C2. The Morgan fingerprint density at radius 3 is 1.42 bits per heavy atom. The number of benzene rings is 2. The van der Waals surface area contributed by atoms with Gasteiger partial charge in [0, 0.05) is 96.8 Å². The lowest BCUT2D eigenvalue weighted by molar-refractivity contribution is 0.0104. The highest BCUT2D eigenvalue weighted by atomic mass is 35.5. The number of halogens is 2. The van der Waals surface area contributed by atoms with Crippen molar-refractivity contribution in [3.05, 3.63) is 106 Å². The highest BCUT2D eigenvalue weighted by Crippen LogP contribution is 2.43. The van der Waals surface area contributed by atoms with Gasteiger partial charge >= 0.3 is 0 Å². The molecule has 10 heteroatoms. The lowest BCUT2D eigenvalue weighted by atomic mass is 9.78. The molecule has 2 aromatic heterocycles. The second-order valence-electron chi connectivity index (χ2n) is 14.5. The van der Waals surface area contributed by atoms with Gasteiger partial charge in [0.05, 0.1) is 56.6 Å². The Bertz CT molecular complexity index is 1820. The van der Waals surface area contributed by atoms with Crippen molar-refractivity contribution in [2.24, 2.45) is 10.8 Å². The number of hydrogen-bond donors (Lipinski definition) is 2. The molecule has 4 aliphatic rings. The van der Waals surface area contributed by atoms with Crippen LogP contribution in [0.5, 0.6) is 0 Å². The van der Waals surface area contributed by atoms with Crippen molar-refractivity contribution in [2.45, 2.75) is 39.8 Å². The molecule has 2 N–H and O–H groups in total. The number of allylic oxidation sites excluding steroid dienone is 2. The van der Waals surface area contributed by atoms with E-state index in [2.05, 4.69) is 33.6 Å². The fourth-order valence-corrected chi connectivity index (χ4v) is 8.79. The maximum absolute atomic E-state index is 7.11. The van der Waals surface area contributed by atoms with Crippen LogP contribution in [0.25, 0.3) is 33.6 Å². The second-order valence-corrected chi connectivity index (χ2v) is 15.2. The Morgan fingerprint density at radius 2 is 1.06 bits per heavy atom. The summed E-state index contributed by atoms with van der Waals surface area (Å²) in [5, 5.41) is 7.99. The lowest BCUT2D eigenvalue weighted by Gasteiger charge is -2.47. The van der Waals surface area contributed by atoms with Gasteiger partial charge in [-0.05, 0) is 26.7 Å². The first-order valence-corrected chi connectivity index (χ1v) is 17.4. The van der Waals surface area contributed by atoms with E-state index in [-0.39, 0.29) is 0 Å². The van der Waals surface area contributed by atoms with Crippen LogP contribution in [-0.4, -0.2) is 69.0 Å². The molecule has 0 amide bonds. The minimum Gasteiger partial charge on any atom is -0.388 e. The largest absolute Gasteiger partial charge is 0.388 e. The molecule has 246 valence electrons. The topological polar surface area (TPSA) is 82.1 Å². The molecule has 2 spiro atoms. The molecule has 4 fully saturated rings. The Balaban J connectivity index is 0.990. The van der Waals surface area contributed by atoms with Gasteiger partial charge in [-0.15, -0.1) is 0 Å². The molecular weight excluding hydrogens is 639 g/mol. The van der Waals surface area contributed by atoms with Gasteiger partial charge in [0.1, 0.15) is 0 Å². The van der Waals surface area contributed by atoms with E-state index in [4.69, 9.17) is 43.1 Å². The molecule has 8 rings (SSSR count). The van der Waals surface area contributed by atoms with Gasteiger partial charge in [-0.2, -0.15) is 0 Å². The molecule has 0 saturated carbocycles. The van der Waals surface area contributed by atoms with Crippen molar-refractivity contribution >= 4 is 23.2 Å². The highest BCUT2D eigenvalue weighted by molar-refractivity contribution is 6.39. The highest BCUT2D eigenvalue weighted by Gasteiger charge is 2.47. The fourth-order valence-electron chi connectivity index (χ4n) is 8.14. The average Bonchev–Trinajstić information content (AvgIpc) is 3.62. The zero-order valence-corrected chi connectivity index (χ0v) is 29.1. The van der Waals surface area contributed by atoms with Gasteiger partial charge in [0.15, 0.2) is 0 Å². The smallest absolute Gasteiger partial charge is 0.0903 e. The maximum atomic E-state index is 7.11. The molecule has 4 saturated heterocycles. The third-order valence-electron chi connectivity index (χ3n) is 10.5. The molecule has 4 aliphatic heterocycles. The summed E-state index contributed by atoms with van der Waals surface area (Å²) >= 11 is 14.2. The number of nitrogens with zero attached hydrogens (tertiary/aromatic N) is 6. The third-order valence-corrected chi connectivity index (χ3v) is 11.3. The first-order chi connectivity index (χ1) is 23.1. The van der Waals surface area contributed by atoms with E-state index in [1.54, 1.807) is 0 Å². The standard InChI is InChI=1S/C38H40Cl2N8/c1-23-11-37(17-43-23)19-47(20-37)15-33-25(3)45-31(13-41-33)29-9-5-7-27(35(29)39)28-8-6-10-30(36(28)40)32-14-42-34(26(4)46-32)16-48-21-38(22-48)12-24(2)44-18-38/h5-10,13-14,43-44H,1-2,11-12,15-22H2,3-4H3. The van der Waals surface area contributed by atoms with Crippen LogP contribution in [0, 0.1) is 24.7 Å². The van der Waals surface area contributed by atoms with Crippen LogP contribution in [0.3, 0.4) is 0 Å². The van der Waals surface area contributed by atoms with Gasteiger partial charge in [0.25, 0.3) is 0 Å². The first kappa shape index (κ1) is 31.4. The number of aryl methyl sites for hydroxylation is 2. The minimum atomic E-state index is 0.335. The summed E-state index contributed by atoms with van der Waals surface area (Å²) in [7, 11) is 0. The summed E-state index contributed by atoms with van der Waals surface area (Å²) in [6.45, 7) is 20.1. The van der Waals surface area contributed by atoms with Gasteiger partial charge in [-0.3, -0.25) is 19.8 Å². The zero-order valence-electron chi connectivity index (χ0n) is 27.5. The molecule has 0 radical (unpaired) electrons. The van der Waals surface area contributed by atoms with Crippen LogP contribution in [-0.2, 0) is 13.1 Å². The predicted octanol–water partition coefficient (Wildman–Crippen LogP) is 6.81. The van der Waals surface area contributed by atoms with Crippen LogP contribution < -0.4 is 10.6 Å². The molecule has 8 nitrogen and oxygen atoms in total. The van der Waals surface area contributed by atoms with Crippen molar-refractivity contribution in [3.63, 3.8) is 0 Å². The van der Waals surface area contributed by atoms with Gasteiger partial charge < -0.3 is 10.6 Å². The van der Waals surface area contributed by atoms with Crippen LogP contribution in [0.1, 0.15) is 35.6 Å². The summed E-state index contributed by atoms with van der Waals surface area (Å²) < 4.78 is 0. The van der Waals surface area contributed by atoms with E-state index in [1.165, 1.54) is 0 Å². The number of hydrogen-bond acceptors (Lipinski definition) is 8. The number of aromatic nitrogens is 4. The molecule has 0 atom stereocenters. The molecule has 4 aromatic rings. The summed E-state index contributed by atoms with van der Waals surface area (Å²) in [6.07, 6.45) is 5.79. The summed E-state index contributed by atoms with van der Waals surface area (Å²) in [5.74, 6) is 0. The molecule has 0 unspecified atom stereocenters. The van der Waals surface area contributed by atoms with Crippen LogP contribution >= 0.6 is 23.2 Å². The number of rotatable bonds is 7. The van der Waals surface area contributed by atoms with Crippen molar-refractivity contribution in [1.29, 1.82) is 0 Å². The normalized spacial score (nSPS) is 19.8. The van der Waals surface area contributed by atoms with Crippen molar-refractivity contribution in [1.82, 2.24) is 40.4 Å². The van der Waals surface area contributed by atoms with Crippen LogP contribution in [0.4, 0.5) is 0 Å². The van der Waals surface area contributed by atoms with E-state index >= 15 is 0 Å². The van der Waals surface area contributed by atoms with E-state index in [0.29, 0.717) is 20.9 Å². The van der Waals surface area contributed by atoms with Crippen LogP contribution in [0.2, 0.25) is 10.0 Å². The third kappa shape index (κ3) is 5.68. The Labute approximate surface area is 292 Å². The Morgan fingerprint density at radius 1 is 0.667 bits per heavy atom. The monoisotopic (exact) mass is 678 g/mol. The van der Waals surface area contributed by atoms with E-state index in [0.717, 1.165) is 133 Å². The zero-order chi connectivity index (χ0) is 33.2. The van der Waals surface area contributed by atoms with Crippen molar-refractivity contribution in [3.8, 4) is 33.6 Å². The lowest BCUT2D eigenvalue weighted by Crippen LogP contribution is -2.56. The number of likely N-dealkylation sites (tertiary alicyclic amines) is 2. The molecule has 0 bridgehead atoms. The summed E-state index contributed by atoms with van der Waals surface area (Å²) in [4.78, 5) is 24.4. The van der Waals surface area contributed by atoms with Crippen molar-refractivity contribution in [2.75, 3.05) is 39.3 Å². The molecule has 48 heavy (non-hydrogen) atoms. The fraction of sp³-hybridized carbons (Fsp3) is 0.368.